The van der Waals surface area contributed by atoms with Gasteiger partial charge >= 0.3 is 5.97 Å². The van der Waals surface area contributed by atoms with Crippen LogP contribution in [0.4, 0.5) is 4.39 Å². The molecule has 0 bridgehead atoms. The zero-order valence-electron chi connectivity index (χ0n) is 10.2. The van der Waals surface area contributed by atoms with Crippen molar-refractivity contribution >= 4 is 31.9 Å². The maximum Gasteiger partial charge on any atom is 0.338 e. The standard InChI is InChI=1S/C10H8BrFN4O4S/c11-5-1-6(10(17)18)9(12)7(2-5)21(19,20)15-3-8-13-4-14-16-8/h1-2,4,15H,3H2,(H,17,18)(H,13,14,16). The van der Waals surface area contributed by atoms with Crippen molar-refractivity contribution in [3.05, 3.63) is 40.1 Å². The zero-order chi connectivity index (χ0) is 15.6. The van der Waals surface area contributed by atoms with Gasteiger partial charge in [-0.25, -0.2) is 27.3 Å². The van der Waals surface area contributed by atoms with E-state index in [0.29, 0.717) is 0 Å². The number of rotatable bonds is 5. The number of hydrogen-bond donors (Lipinski definition) is 3. The van der Waals surface area contributed by atoms with Gasteiger partial charge in [-0.1, -0.05) is 15.9 Å². The number of carboxylic acids is 1. The Morgan fingerprint density at radius 3 is 2.76 bits per heavy atom. The Kier molecular flexibility index (Phi) is 4.34. The Labute approximate surface area is 126 Å². The molecule has 0 aliphatic carbocycles. The first-order valence-corrected chi connectivity index (χ1v) is 7.65. The summed E-state index contributed by atoms with van der Waals surface area (Å²) in [5.41, 5.74) is -0.746. The molecule has 0 saturated heterocycles. The first-order valence-electron chi connectivity index (χ1n) is 5.37. The molecule has 1 aromatic heterocycles. The fraction of sp³-hybridized carbons (Fsp3) is 0.100. The number of carbonyl (C=O) groups is 1. The highest BCUT2D eigenvalue weighted by atomic mass is 79.9. The van der Waals surface area contributed by atoms with Crippen LogP contribution in [0.2, 0.25) is 0 Å². The molecular weight excluding hydrogens is 371 g/mol. The summed E-state index contributed by atoms with van der Waals surface area (Å²) in [5, 5.41) is 14.8. The monoisotopic (exact) mass is 378 g/mol. The van der Waals surface area contributed by atoms with Crippen LogP contribution in [-0.4, -0.2) is 34.7 Å². The van der Waals surface area contributed by atoms with E-state index in [-0.39, 0.29) is 16.8 Å². The summed E-state index contributed by atoms with van der Waals surface area (Å²) in [6, 6.07) is 1.96. The number of aromatic carboxylic acids is 1. The minimum atomic E-state index is -4.25. The van der Waals surface area contributed by atoms with Gasteiger partial charge in [0.25, 0.3) is 0 Å². The van der Waals surface area contributed by atoms with Crippen LogP contribution in [-0.2, 0) is 16.6 Å². The highest BCUT2D eigenvalue weighted by Crippen LogP contribution is 2.24. The van der Waals surface area contributed by atoms with Crippen molar-refractivity contribution < 1.29 is 22.7 Å². The van der Waals surface area contributed by atoms with Crippen LogP contribution in [0, 0.1) is 5.82 Å². The summed E-state index contributed by atoms with van der Waals surface area (Å²) < 4.78 is 40.3. The fourth-order valence-corrected chi connectivity index (χ4v) is 3.19. The molecule has 0 atom stereocenters. The van der Waals surface area contributed by atoms with E-state index >= 15 is 0 Å². The fourth-order valence-electron chi connectivity index (χ4n) is 1.47. The number of nitrogens with one attached hydrogen (secondary N) is 2. The second-order valence-electron chi connectivity index (χ2n) is 3.83. The molecule has 1 heterocycles. The third kappa shape index (κ3) is 3.43. The Morgan fingerprint density at radius 1 is 1.48 bits per heavy atom. The minimum absolute atomic E-state index is 0.126. The first kappa shape index (κ1) is 15.5. The van der Waals surface area contributed by atoms with Crippen LogP contribution in [0.3, 0.4) is 0 Å². The number of halogens is 2. The molecule has 0 radical (unpaired) electrons. The molecule has 0 unspecified atom stereocenters. The lowest BCUT2D eigenvalue weighted by Gasteiger charge is -2.09. The topological polar surface area (TPSA) is 125 Å². The lowest BCUT2D eigenvalue weighted by molar-refractivity contribution is 0.0691. The second kappa shape index (κ2) is 5.87. The van der Waals surface area contributed by atoms with Crippen molar-refractivity contribution in [2.24, 2.45) is 0 Å². The number of nitrogens with zero attached hydrogens (tertiary/aromatic N) is 2. The zero-order valence-corrected chi connectivity index (χ0v) is 12.6. The molecule has 8 nitrogen and oxygen atoms in total. The van der Waals surface area contributed by atoms with Gasteiger partial charge in [-0.05, 0) is 12.1 Å². The molecular formula is C10H8BrFN4O4S. The summed E-state index contributed by atoms with van der Waals surface area (Å²) in [6.07, 6.45) is 1.19. The van der Waals surface area contributed by atoms with E-state index in [2.05, 4.69) is 35.8 Å². The average Bonchev–Trinajstić information content (AvgIpc) is 2.91. The van der Waals surface area contributed by atoms with Gasteiger partial charge < -0.3 is 5.11 Å². The Balaban J connectivity index is 2.37. The molecule has 2 rings (SSSR count). The van der Waals surface area contributed by atoms with E-state index < -0.39 is 32.3 Å². The van der Waals surface area contributed by atoms with Crippen molar-refractivity contribution in [3.8, 4) is 0 Å². The number of hydrogen-bond acceptors (Lipinski definition) is 5. The third-order valence-electron chi connectivity index (χ3n) is 2.42. The summed E-state index contributed by atoms with van der Waals surface area (Å²) in [5.74, 6) is -2.68. The summed E-state index contributed by atoms with van der Waals surface area (Å²) in [4.78, 5) is 13.8. The lowest BCUT2D eigenvalue weighted by atomic mass is 10.2. The van der Waals surface area contributed by atoms with Gasteiger partial charge in [0.05, 0.1) is 12.1 Å². The van der Waals surface area contributed by atoms with E-state index in [1.165, 1.54) is 6.33 Å². The molecule has 21 heavy (non-hydrogen) atoms. The number of H-pyrrole nitrogens is 1. The van der Waals surface area contributed by atoms with Gasteiger partial charge in [0, 0.05) is 4.47 Å². The van der Waals surface area contributed by atoms with Crippen molar-refractivity contribution in [2.75, 3.05) is 0 Å². The van der Waals surface area contributed by atoms with Crippen LogP contribution in [0.1, 0.15) is 16.2 Å². The number of benzene rings is 1. The van der Waals surface area contributed by atoms with E-state index in [1.807, 2.05) is 0 Å². The van der Waals surface area contributed by atoms with Gasteiger partial charge in [-0.3, -0.25) is 5.10 Å². The molecule has 0 spiro atoms. The second-order valence-corrected chi connectivity index (χ2v) is 6.48. The summed E-state index contributed by atoms with van der Waals surface area (Å²) in [6.45, 7) is -0.239. The van der Waals surface area contributed by atoms with Crippen LogP contribution < -0.4 is 4.72 Å². The van der Waals surface area contributed by atoms with Gasteiger partial charge in [0.15, 0.2) is 5.82 Å². The Hall–Kier alpha value is -1.85. The van der Waals surface area contributed by atoms with Gasteiger partial charge in [0.2, 0.25) is 10.0 Å². The highest BCUT2D eigenvalue weighted by molar-refractivity contribution is 9.10. The van der Waals surface area contributed by atoms with Crippen LogP contribution >= 0.6 is 15.9 Å². The molecule has 0 aliphatic rings. The summed E-state index contributed by atoms with van der Waals surface area (Å²) >= 11 is 2.95. The predicted molar refractivity (Wildman–Crippen MR) is 71.5 cm³/mol. The molecule has 0 aliphatic heterocycles. The quantitative estimate of drug-likeness (QED) is 0.709. The first-order chi connectivity index (χ1) is 9.81. The van der Waals surface area contributed by atoms with Crippen LogP contribution in [0.15, 0.2) is 27.8 Å². The van der Waals surface area contributed by atoms with Crippen molar-refractivity contribution in [3.63, 3.8) is 0 Å². The van der Waals surface area contributed by atoms with Gasteiger partial charge in [0.1, 0.15) is 17.0 Å². The molecule has 0 fully saturated rings. The highest BCUT2D eigenvalue weighted by Gasteiger charge is 2.25. The van der Waals surface area contributed by atoms with Crippen molar-refractivity contribution in [1.29, 1.82) is 0 Å². The third-order valence-corrected chi connectivity index (χ3v) is 4.28. The molecule has 1 aromatic carbocycles. The average molecular weight is 379 g/mol. The van der Waals surface area contributed by atoms with E-state index in [9.17, 15) is 17.6 Å². The normalized spacial score (nSPS) is 11.5. The van der Waals surface area contributed by atoms with Crippen LogP contribution in [0.25, 0.3) is 0 Å². The van der Waals surface area contributed by atoms with E-state index in [4.69, 9.17) is 5.11 Å². The predicted octanol–water partition coefficient (Wildman–Crippen LogP) is 0.883. The molecule has 11 heteroatoms. The van der Waals surface area contributed by atoms with E-state index in [1.54, 1.807) is 0 Å². The smallest absolute Gasteiger partial charge is 0.338 e. The van der Waals surface area contributed by atoms with Crippen molar-refractivity contribution in [2.45, 2.75) is 11.4 Å². The maximum atomic E-state index is 14.0. The minimum Gasteiger partial charge on any atom is -0.478 e. The van der Waals surface area contributed by atoms with Crippen molar-refractivity contribution in [1.82, 2.24) is 19.9 Å². The SMILES string of the molecule is O=C(O)c1cc(Br)cc(S(=O)(=O)NCc2ncn[nH]2)c1F. The Morgan fingerprint density at radius 2 is 2.19 bits per heavy atom. The number of sulfonamides is 1. The maximum absolute atomic E-state index is 14.0. The van der Waals surface area contributed by atoms with E-state index in [0.717, 1.165) is 12.1 Å². The largest absolute Gasteiger partial charge is 0.478 e. The lowest BCUT2D eigenvalue weighted by Crippen LogP contribution is -2.25. The summed E-state index contributed by atoms with van der Waals surface area (Å²) in [7, 11) is -4.25. The molecule has 0 saturated carbocycles. The molecule has 3 N–H and O–H groups in total. The molecule has 112 valence electrons. The molecule has 2 aromatic rings. The number of aromatic nitrogens is 3. The van der Waals surface area contributed by atoms with Gasteiger partial charge in [-0.15, -0.1) is 0 Å². The molecule has 0 amide bonds. The number of aromatic amines is 1. The Bertz CT molecular complexity index is 779. The van der Waals surface area contributed by atoms with Gasteiger partial charge in [-0.2, -0.15) is 5.10 Å². The van der Waals surface area contributed by atoms with Crippen LogP contribution in [0.5, 0.6) is 0 Å². The number of carboxylic acid groups (broad SMARTS) is 1.